The number of amides is 1. The zero-order valence-corrected chi connectivity index (χ0v) is 13.3. The molecule has 0 aliphatic heterocycles. The first kappa shape index (κ1) is 18.8. The van der Waals surface area contributed by atoms with Gasteiger partial charge in [-0.1, -0.05) is 38.8 Å². The van der Waals surface area contributed by atoms with Crippen molar-refractivity contribution in [1.82, 2.24) is 5.32 Å². The minimum atomic E-state index is 0. The van der Waals surface area contributed by atoms with Crippen LogP contribution >= 0.6 is 12.4 Å². The molecule has 0 aromatic heterocycles. The highest BCUT2D eigenvalue weighted by Gasteiger charge is 2.14. The van der Waals surface area contributed by atoms with Crippen LogP contribution in [0.15, 0.2) is 24.3 Å². The maximum Gasteiger partial charge on any atom is 0.223 e. The van der Waals surface area contributed by atoms with Crippen molar-refractivity contribution in [2.24, 2.45) is 5.92 Å². The summed E-state index contributed by atoms with van der Waals surface area (Å²) in [4.78, 5) is 12.0. The van der Waals surface area contributed by atoms with E-state index in [1.807, 2.05) is 24.3 Å². The maximum atomic E-state index is 12.0. The van der Waals surface area contributed by atoms with Gasteiger partial charge in [0.15, 0.2) is 0 Å². The predicted octanol–water partition coefficient (Wildman–Crippen LogP) is 3.57. The average Bonchev–Trinajstić information content (AvgIpc) is 2.42. The number of nitrogens with two attached hydrogens (primary N) is 1. The van der Waals surface area contributed by atoms with Crippen LogP contribution in [0.4, 0.5) is 5.69 Å². The zero-order valence-electron chi connectivity index (χ0n) is 12.5. The molecular formula is C16H27ClN2O. The SMILES string of the molecule is CCCCC(CC)C(=O)NCCc1ccc(N)cc1.Cl. The Bertz CT molecular complexity index is 379. The highest BCUT2D eigenvalue weighted by atomic mass is 35.5. The van der Waals surface area contributed by atoms with Gasteiger partial charge in [0.2, 0.25) is 5.91 Å². The number of carbonyl (C=O) groups is 1. The molecule has 0 bridgehead atoms. The molecule has 3 N–H and O–H groups in total. The number of hydrogen-bond acceptors (Lipinski definition) is 2. The van der Waals surface area contributed by atoms with Gasteiger partial charge in [-0.2, -0.15) is 0 Å². The van der Waals surface area contributed by atoms with Crippen molar-refractivity contribution in [2.75, 3.05) is 12.3 Å². The number of hydrogen-bond donors (Lipinski definition) is 2. The highest BCUT2D eigenvalue weighted by molar-refractivity contribution is 5.85. The van der Waals surface area contributed by atoms with Gasteiger partial charge in [-0.25, -0.2) is 0 Å². The standard InChI is InChI=1S/C16H26N2O.ClH/c1-3-5-6-14(4-2)16(19)18-12-11-13-7-9-15(17)10-8-13;/h7-10,14H,3-6,11-12,17H2,1-2H3,(H,18,19);1H. The fourth-order valence-electron chi connectivity index (χ4n) is 2.13. The van der Waals surface area contributed by atoms with E-state index in [9.17, 15) is 4.79 Å². The minimum absolute atomic E-state index is 0. The normalized spacial score (nSPS) is 11.5. The molecule has 1 amide bonds. The first-order chi connectivity index (χ1) is 9.17. The molecular weight excluding hydrogens is 272 g/mol. The molecule has 0 saturated carbocycles. The molecule has 3 nitrogen and oxygen atoms in total. The largest absolute Gasteiger partial charge is 0.399 e. The summed E-state index contributed by atoms with van der Waals surface area (Å²) in [5.41, 5.74) is 7.62. The summed E-state index contributed by atoms with van der Waals surface area (Å²) in [6.45, 7) is 4.94. The van der Waals surface area contributed by atoms with E-state index < -0.39 is 0 Å². The average molecular weight is 299 g/mol. The van der Waals surface area contributed by atoms with Crippen molar-refractivity contribution in [2.45, 2.75) is 46.0 Å². The molecule has 0 radical (unpaired) electrons. The number of nitrogen functional groups attached to an aromatic ring is 1. The molecule has 1 aromatic carbocycles. The van der Waals surface area contributed by atoms with E-state index in [0.29, 0.717) is 6.54 Å². The van der Waals surface area contributed by atoms with E-state index >= 15 is 0 Å². The molecule has 0 saturated heterocycles. The molecule has 1 rings (SSSR count). The third-order valence-electron chi connectivity index (χ3n) is 3.46. The van der Waals surface area contributed by atoms with E-state index in [2.05, 4.69) is 19.2 Å². The molecule has 0 fully saturated rings. The lowest BCUT2D eigenvalue weighted by molar-refractivity contribution is -0.125. The van der Waals surface area contributed by atoms with Crippen LogP contribution in [0, 0.1) is 5.92 Å². The Morgan fingerprint density at radius 2 is 1.90 bits per heavy atom. The monoisotopic (exact) mass is 298 g/mol. The van der Waals surface area contributed by atoms with Crippen LogP contribution in [0.1, 0.15) is 45.1 Å². The molecule has 0 aliphatic rings. The summed E-state index contributed by atoms with van der Waals surface area (Å²) in [7, 11) is 0. The highest BCUT2D eigenvalue weighted by Crippen LogP contribution is 2.12. The zero-order chi connectivity index (χ0) is 14.1. The van der Waals surface area contributed by atoms with E-state index in [1.54, 1.807) is 0 Å². The van der Waals surface area contributed by atoms with E-state index in [1.165, 1.54) is 5.56 Å². The third-order valence-corrected chi connectivity index (χ3v) is 3.46. The Labute approximate surface area is 128 Å². The van der Waals surface area contributed by atoms with Crippen molar-refractivity contribution < 1.29 is 4.79 Å². The lowest BCUT2D eigenvalue weighted by Crippen LogP contribution is -2.32. The first-order valence-electron chi connectivity index (χ1n) is 7.29. The third kappa shape index (κ3) is 6.80. The molecule has 1 aromatic rings. The minimum Gasteiger partial charge on any atom is -0.399 e. The second kappa shape index (κ2) is 10.6. The second-order valence-electron chi connectivity index (χ2n) is 5.03. The topological polar surface area (TPSA) is 55.1 Å². The summed E-state index contributed by atoms with van der Waals surface area (Å²) in [6, 6.07) is 7.81. The van der Waals surface area contributed by atoms with Gasteiger partial charge in [0.25, 0.3) is 0 Å². The second-order valence-corrected chi connectivity index (χ2v) is 5.03. The number of halogens is 1. The first-order valence-corrected chi connectivity index (χ1v) is 7.29. The van der Waals surface area contributed by atoms with Crippen LogP contribution in [-0.2, 0) is 11.2 Å². The lowest BCUT2D eigenvalue weighted by Gasteiger charge is -2.14. The van der Waals surface area contributed by atoms with Gasteiger partial charge in [0.05, 0.1) is 0 Å². The van der Waals surface area contributed by atoms with Crippen molar-refractivity contribution in [3.05, 3.63) is 29.8 Å². The summed E-state index contributed by atoms with van der Waals surface area (Å²) < 4.78 is 0. The van der Waals surface area contributed by atoms with Gasteiger partial charge in [-0.3, -0.25) is 4.79 Å². The molecule has 114 valence electrons. The van der Waals surface area contributed by atoms with Crippen molar-refractivity contribution in [3.63, 3.8) is 0 Å². The van der Waals surface area contributed by atoms with Crippen LogP contribution < -0.4 is 11.1 Å². The summed E-state index contributed by atoms with van der Waals surface area (Å²) in [5, 5.41) is 3.04. The van der Waals surface area contributed by atoms with Crippen molar-refractivity contribution in [1.29, 1.82) is 0 Å². The molecule has 4 heteroatoms. The van der Waals surface area contributed by atoms with Crippen molar-refractivity contribution >= 4 is 24.0 Å². The molecule has 0 spiro atoms. The summed E-state index contributed by atoms with van der Waals surface area (Å²) in [6.07, 6.45) is 5.06. The lowest BCUT2D eigenvalue weighted by atomic mass is 9.98. The maximum absolute atomic E-state index is 12.0. The van der Waals surface area contributed by atoms with Gasteiger partial charge in [-0.15, -0.1) is 12.4 Å². The molecule has 0 aliphatic carbocycles. The fraction of sp³-hybridized carbons (Fsp3) is 0.562. The van der Waals surface area contributed by atoms with Gasteiger partial charge in [0, 0.05) is 18.2 Å². The Kier molecular flexibility index (Phi) is 9.91. The van der Waals surface area contributed by atoms with Crippen LogP contribution in [0.25, 0.3) is 0 Å². The van der Waals surface area contributed by atoms with Gasteiger partial charge in [0.1, 0.15) is 0 Å². The van der Waals surface area contributed by atoms with Gasteiger partial charge in [-0.05, 0) is 37.0 Å². The Morgan fingerprint density at radius 3 is 2.45 bits per heavy atom. The molecule has 1 atom stereocenters. The van der Waals surface area contributed by atoms with Gasteiger partial charge < -0.3 is 11.1 Å². The van der Waals surface area contributed by atoms with Crippen LogP contribution in [0.5, 0.6) is 0 Å². The molecule has 20 heavy (non-hydrogen) atoms. The van der Waals surface area contributed by atoms with E-state index in [-0.39, 0.29) is 24.2 Å². The van der Waals surface area contributed by atoms with E-state index in [0.717, 1.165) is 37.8 Å². The number of unbranched alkanes of at least 4 members (excludes halogenated alkanes) is 1. The summed E-state index contributed by atoms with van der Waals surface area (Å²) in [5.74, 6) is 0.373. The predicted molar refractivity (Wildman–Crippen MR) is 88.1 cm³/mol. The number of rotatable bonds is 8. The number of benzene rings is 1. The Balaban J connectivity index is 0.00000361. The molecule has 0 heterocycles. The van der Waals surface area contributed by atoms with E-state index in [4.69, 9.17) is 5.73 Å². The smallest absolute Gasteiger partial charge is 0.223 e. The van der Waals surface area contributed by atoms with Crippen LogP contribution in [0.3, 0.4) is 0 Å². The fourth-order valence-corrected chi connectivity index (χ4v) is 2.13. The van der Waals surface area contributed by atoms with Crippen LogP contribution in [-0.4, -0.2) is 12.5 Å². The Hall–Kier alpha value is -1.22. The number of carbonyl (C=O) groups excluding carboxylic acids is 1. The Morgan fingerprint density at radius 1 is 1.25 bits per heavy atom. The molecule has 1 unspecified atom stereocenters. The quantitative estimate of drug-likeness (QED) is 0.721. The summed E-state index contributed by atoms with van der Waals surface area (Å²) >= 11 is 0. The number of anilines is 1. The van der Waals surface area contributed by atoms with Gasteiger partial charge >= 0.3 is 0 Å². The number of nitrogens with one attached hydrogen (secondary N) is 1. The van der Waals surface area contributed by atoms with Crippen LogP contribution in [0.2, 0.25) is 0 Å². The van der Waals surface area contributed by atoms with Crippen molar-refractivity contribution in [3.8, 4) is 0 Å².